The first-order valence-corrected chi connectivity index (χ1v) is 7.23. The van der Waals surface area contributed by atoms with E-state index in [-0.39, 0.29) is 6.03 Å². The second-order valence-corrected chi connectivity index (χ2v) is 4.92. The molecule has 1 aromatic heterocycles. The van der Waals surface area contributed by atoms with Gasteiger partial charge in [0.05, 0.1) is 11.0 Å². The number of benzene rings is 2. The van der Waals surface area contributed by atoms with Gasteiger partial charge in [-0.2, -0.15) is 0 Å². The van der Waals surface area contributed by atoms with Crippen molar-refractivity contribution in [3.8, 4) is 0 Å². The van der Waals surface area contributed by atoms with Crippen LogP contribution in [0.25, 0.3) is 11.0 Å². The first kappa shape index (κ1) is 14.7. The smallest absolute Gasteiger partial charge is 0.307 e. The van der Waals surface area contributed by atoms with E-state index in [1.54, 1.807) is 29.4 Å². The number of nitrogens with zero attached hydrogens (tertiary/aromatic N) is 3. The quantitative estimate of drug-likeness (QED) is 0.745. The highest BCUT2D eigenvalue weighted by Crippen LogP contribution is 2.18. The normalized spacial score (nSPS) is 10.3. The van der Waals surface area contributed by atoms with Gasteiger partial charge in [0.1, 0.15) is 0 Å². The van der Waals surface area contributed by atoms with Gasteiger partial charge in [-0.25, -0.2) is 4.79 Å². The van der Waals surface area contributed by atoms with Crippen LogP contribution in [0.3, 0.4) is 0 Å². The van der Waals surface area contributed by atoms with Gasteiger partial charge in [0, 0.05) is 30.3 Å². The van der Waals surface area contributed by atoms with E-state index in [4.69, 9.17) is 0 Å². The molecule has 0 radical (unpaired) electrons. The van der Waals surface area contributed by atoms with E-state index in [0.717, 1.165) is 16.7 Å². The van der Waals surface area contributed by atoms with Crippen LogP contribution in [0, 0.1) is 0 Å². The fourth-order valence-corrected chi connectivity index (χ4v) is 2.27. The number of rotatable bonds is 4. The van der Waals surface area contributed by atoms with Gasteiger partial charge in [0.2, 0.25) is 0 Å². The van der Waals surface area contributed by atoms with Crippen molar-refractivity contribution in [2.45, 2.75) is 0 Å². The van der Waals surface area contributed by atoms with Crippen LogP contribution in [-0.4, -0.2) is 22.5 Å². The van der Waals surface area contributed by atoms with Crippen molar-refractivity contribution in [2.75, 3.05) is 16.8 Å². The molecule has 0 aliphatic carbocycles. The van der Waals surface area contributed by atoms with Gasteiger partial charge in [-0.05, 0) is 30.3 Å². The maximum atomic E-state index is 12.6. The van der Waals surface area contributed by atoms with Crippen LogP contribution in [0.15, 0.2) is 73.6 Å². The Morgan fingerprint density at radius 2 is 1.83 bits per heavy atom. The molecule has 0 spiro atoms. The predicted molar refractivity (Wildman–Crippen MR) is 92.5 cm³/mol. The Hall–Kier alpha value is -3.21. The summed E-state index contributed by atoms with van der Waals surface area (Å²) in [6.07, 6.45) is 4.96. The van der Waals surface area contributed by atoms with Crippen molar-refractivity contribution >= 4 is 28.4 Å². The lowest BCUT2D eigenvalue weighted by Gasteiger charge is -2.21. The molecule has 0 aliphatic rings. The minimum Gasteiger partial charge on any atom is -0.307 e. The topological polar surface area (TPSA) is 58.1 Å². The number of aromatic nitrogens is 2. The molecule has 3 rings (SSSR count). The fraction of sp³-hybridized carbons (Fsp3) is 0.0556. The van der Waals surface area contributed by atoms with Crippen molar-refractivity contribution in [1.29, 1.82) is 0 Å². The summed E-state index contributed by atoms with van der Waals surface area (Å²) in [4.78, 5) is 22.6. The number of hydrogen-bond donors (Lipinski definition) is 1. The van der Waals surface area contributed by atoms with Gasteiger partial charge in [0.25, 0.3) is 0 Å². The number of anilines is 2. The second kappa shape index (κ2) is 6.70. The lowest BCUT2D eigenvalue weighted by Crippen LogP contribution is -2.35. The average molecular weight is 304 g/mol. The average Bonchev–Trinajstić information content (AvgIpc) is 2.60. The highest BCUT2D eigenvalue weighted by Gasteiger charge is 2.14. The van der Waals surface area contributed by atoms with Gasteiger partial charge in [-0.1, -0.05) is 24.3 Å². The van der Waals surface area contributed by atoms with Crippen LogP contribution in [0.2, 0.25) is 0 Å². The summed E-state index contributed by atoms with van der Waals surface area (Å²) in [6, 6.07) is 14.7. The molecule has 1 N–H and O–H groups in total. The van der Waals surface area contributed by atoms with E-state index in [0.29, 0.717) is 12.2 Å². The third kappa shape index (κ3) is 3.35. The Kier molecular flexibility index (Phi) is 4.29. The maximum absolute atomic E-state index is 12.6. The van der Waals surface area contributed by atoms with Crippen molar-refractivity contribution in [3.05, 3.63) is 73.6 Å². The van der Waals surface area contributed by atoms with E-state index in [1.165, 1.54) is 0 Å². The second-order valence-electron chi connectivity index (χ2n) is 4.92. The highest BCUT2D eigenvalue weighted by atomic mass is 16.2. The van der Waals surface area contributed by atoms with Gasteiger partial charge in [-0.3, -0.25) is 14.9 Å². The van der Waals surface area contributed by atoms with Crippen LogP contribution in [0.4, 0.5) is 16.2 Å². The van der Waals surface area contributed by atoms with Crippen LogP contribution < -0.4 is 10.2 Å². The molecule has 114 valence electrons. The van der Waals surface area contributed by atoms with Crippen molar-refractivity contribution in [1.82, 2.24) is 9.97 Å². The summed E-state index contributed by atoms with van der Waals surface area (Å²) in [5, 5.41) is 2.89. The summed E-state index contributed by atoms with van der Waals surface area (Å²) in [6.45, 7) is 4.14. The standard InChI is InChI=1S/C18H16N4O/c1-2-12-22(15-6-4-3-5-7-15)18(23)21-14-8-9-16-17(13-14)20-11-10-19-16/h2-11,13H,1,12H2,(H,21,23). The molecule has 0 aliphatic heterocycles. The van der Waals surface area contributed by atoms with E-state index < -0.39 is 0 Å². The molecular formula is C18H16N4O. The monoisotopic (exact) mass is 304 g/mol. The van der Waals surface area contributed by atoms with Crippen LogP contribution in [-0.2, 0) is 0 Å². The molecule has 0 unspecified atom stereocenters. The number of carbonyl (C=O) groups is 1. The first-order chi connectivity index (χ1) is 11.3. The molecular weight excluding hydrogens is 288 g/mol. The molecule has 2 amide bonds. The molecule has 0 bridgehead atoms. The molecule has 0 saturated heterocycles. The summed E-state index contributed by atoms with van der Waals surface area (Å²) in [5.74, 6) is 0. The molecule has 0 atom stereocenters. The minimum absolute atomic E-state index is 0.223. The summed E-state index contributed by atoms with van der Waals surface area (Å²) in [5.41, 5.74) is 3.01. The number of amides is 2. The number of hydrogen-bond acceptors (Lipinski definition) is 3. The zero-order chi connectivity index (χ0) is 16.1. The first-order valence-electron chi connectivity index (χ1n) is 7.23. The zero-order valence-electron chi connectivity index (χ0n) is 12.5. The Morgan fingerprint density at radius 3 is 2.57 bits per heavy atom. The predicted octanol–water partition coefficient (Wildman–Crippen LogP) is 3.85. The van der Waals surface area contributed by atoms with Crippen molar-refractivity contribution < 1.29 is 4.79 Å². The third-order valence-electron chi connectivity index (χ3n) is 3.35. The van der Waals surface area contributed by atoms with Gasteiger partial charge in [0.15, 0.2) is 0 Å². The fourth-order valence-electron chi connectivity index (χ4n) is 2.27. The summed E-state index contributed by atoms with van der Waals surface area (Å²) in [7, 11) is 0. The molecule has 23 heavy (non-hydrogen) atoms. The van der Waals surface area contributed by atoms with Crippen LogP contribution in [0.5, 0.6) is 0 Å². The third-order valence-corrected chi connectivity index (χ3v) is 3.35. The van der Waals surface area contributed by atoms with E-state index >= 15 is 0 Å². The van der Waals surface area contributed by atoms with Crippen molar-refractivity contribution in [2.24, 2.45) is 0 Å². The Bertz CT molecular complexity index is 833. The largest absolute Gasteiger partial charge is 0.326 e. The van der Waals surface area contributed by atoms with E-state index in [9.17, 15) is 4.79 Å². The zero-order valence-corrected chi connectivity index (χ0v) is 12.5. The molecule has 0 fully saturated rings. The molecule has 0 saturated carbocycles. The Morgan fingerprint density at radius 1 is 1.09 bits per heavy atom. The Balaban J connectivity index is 1.84. The van der Waals surface area contributed by atoms with Crippen LogP contribution in [0.1, 0.15) is 0 Å². The lowest BCUT2D eigenvalue weighted by molar-refractivity contribution is 0.257. The van der Waals surface area contributed by atoms with Gasteiger partial charge in [-0.15, -0.1) is 6.58 Å². The maximum Gasteiger partial charge on any atom is 0.326 e. The molecule has 1 heterocycles. The lowest BCUT2D eigenvalue weighted by atomic mass is 10.2. The number of carbonyl (C=O) groups excluding carboxylic acids is 1. The minimum atomic E-state index is -0.223. The molecule has 3 aromatic rings. The molecule has 5 nitrogen and oxygen atoms in total. The summed E-state index contributed by atoms with van der Waals surface area (Å²) < 4.78 is 0. The number of para-hydroxylation sites is 1. The van der Waals surface area contributed by atoms with E-state index in [1.807, 2.05) is 42.5 Å². The molecule has 2 aromatic carbocycles. The number of urea groups is 1. The highest BCUT2D eigenvalue weighted by molar-refractivity contribution is 6.02. The van der Waals surface area contributed by atoms with E-state index in [2.05, 4.69) is 21.9 Å². The SMILES string of the molecule is C=CCN(C(=O)Nc1ccc2nccnc2c1)c1ccccc1. The van der Waals surface area contributed by atoms with Crippen LogP contribution >= 0.6 is 0 Å². The Labute approximate surface area is 134 Å². The summed E-state index contributed by atoms with van der Waals surface area (Å²) >= 11 is 0. The molecule has 5 heteroatoms. The van der Waals surface area contributed by atoms with Gasteiger partial charge < -0.3 is 5.32 Å². The van der Waals surface area contributed by atoms with Gasteiger partial charge >= 0.3 is 6.03 Å². The number of nitrogens with one attached hydrogen (secondary N) is 1. The number of fused-ring (bicyclic) bond motifs is 1. The van der Waals surface area contributed by atoms with Crippen molar-refractivity contribution in [3.63, 3.8) is 0 Å².